The summed E-state index contributed by atoms with van der Waals surface area (Å²) in [5, 5.41) is 0. The van der Waals surface area contributed by atoms with Gasteiger partial charge in [0.15, 0.2) is 5.58 Å². The molecule has 1 saturated heterocycles. The van der Waals surface area contributed by atoms with Gasteiger partial charge in [-0.3, -0.25) is 4.79 Å². The molecule has 27 heavy (non-hydrogen) atoms. The van der Waals surface area contributed by atoms with Gasteiger partial charge in [0.25, 0.3) is 5.91 Å². The number of rotatable bonds is 4. The second kappa shape index (κ2) is 7.02. The summed E-state index contributed by atoms with van der Waals surface area (Å²) in [5.41, 5.74) is 3.65. The van der Waals surface area contributed by atoms with Gasteiger partial charge in [0, 0.05) is 50.5 Å². The van der Waals surface area contributed by atoms with Crippen molar-refractivity contribution in [2.24, 2.45) is 0 Å². The topological polar surface area (TPSA) is 50.9 Å². The number of aromatic nitrogens is 1. The molecule has 0 radical (unpaired) electrons. The number of methoxy groups -OCH3 is 1. The number of hydrogen-bond donors (Lipinski definition) is 0. The predicted octanol–water partition coefficient (Wildman–Crippen LogP) is 3.53. The molecule has 0 N–H and O–H groups in total. The monoisotopic (exact) mass is 367 g/mol. The summed E-state index contributed by atoms with van der Waals surface area (Å²) in [7, 11) is 1.67. The van der Waals surface area contributed by atoms with Gasteiger partial charge in [-0.05, 0) is 38.1 Å². The molecular formula is C21H25N3O3. The Labute approximate surface area is 158 Å². The Bertz CT molecular complexity index is 947. The second-order valence-corrected chi connectivity index (χ2v) is 6.86. The van der Waals surface area contributed by atoms with Gasteiger partial charge in [0.2, 0.25) is 0 Å². The number of amides is 1. The molecule has 1 fully saturated rings. The number of anilines is 1. The van der Waals surface area contributed by atoms with Crippen molar-refractivity contribution in [3.63, 3.8) is 0 Å². The molecule has 142 valence electrons. The maximum Gasteiger partial charge on any atom is 0.270 e. The summed E-state index contributed by atoms with van der Waals surface area (Å²) in [6.07, 6.45) is 0. The highest BCUT2D eigenvalue weighted by atomic mass is 16.5. The number of piperazine rings is 1. The zero-order chi connectivity index (χ0) is 19.0. The summed E-state index contributed by atoms with van der Waals surface area (Å²) in [4.78, 5) is 17.3. The first kappa shape index (κ1) is 17.5. The molecule has 0 unspecified atom stereocenters. The van der Waals surface area contributed by atoms with Crippen LogP contribution < -0.4 is 9.64 Å². The number of nitrogens with zero attached hydrogens (tertiary/aromatic N) is 3. The molecule has 3 aromatic rings. The van der Waals surface area contributed by atoms with Crippen LogP contribution in [0.5, 0.6) is 5.75 Å². The molecule has 4 rings (SSSR count). The van der Waals surface area contributed by atoms with Crippen LogP contribution in [0.1, 0.15) is 23.2 Å². The summed E-state index contributed by atoms with van der Waals surface area (Å²) in [5.74, 6) is 1.80. The van der Waals surface area contributed by atoms with Crippen molar-refractivity contribution in [1.29, 1.82) is 0 Å². The fourth-order valence-electron chi connectivity index (χ4n) is 3.81. The number of carbonyl (C=O) groups excluding carboxylic acids is 1. The predicted molar refractivity (Wildman–Crippen MR) is 106 cm³/mol. The molecule has 6 heteroatoms. The maximum absolute atomic E-state index is 13.1. The van der Waals surface area contributed by atoms with Gasteiger partial charge in [0.1, 0.15) is 17.2 Å². The summed E-state index contributed by atoms with van der Waals surface area (Å²) in [6, 6.07) is 11.9. The molecule has 6 nitrogen and oxygen atoms in total. The van der Waals surface area contributed by atoms with Crippen LogP contribution in [0, 0.1) is 6.92 Å². The Morgan fingerprint density at radius 3 is 2.44 bits per heavy atom. The van der Waals surface area contributed by atoms with Gasteiger partial charge < -0.3 is 23.5 Å². The SMILES string of the molecule is CCn1c(C(=O)N2CCN(c3ccc(OC)cc3)CC2)cc2oc(C)cc21. The Balaban J connectivity index is 1.47. The molecule has 1 aliphatic heterocycles. The van der Waals surface area contributed by atoms with Gasteiger partial charge in [-0.2, -0.15) is 0 Å². The fourth-order valence-corrected chi connectivity index (χ4v) is 3.81. The average Bonchev–Trinajstić information content (AvgIpc) is 3.23. The van der Waals surface area contributed by atoms with E-state index in [4.69, 9.17) is 9.15 Å². The van der Waals surface area contributed by atoms with E-state index in [2.05, 4.69) is 24.0 Å². The third-order valence-electron chi connectivity index (χ3n) is 5.25. The Morgan fingerprint density at radius 1 is 1.11 bits per heavy atom. The van der Waals surface area contributed by atoms with Crippen molar-refractivity contribution >= 4 is 22.7 Å². The zero-order valence-corrected chi connectivity index (χ0v) is 16.1. The van der Waals surface area contributed by atoms with Crippen molar-refractivity contribution in [2.75, 3.05) is 38.2 Å². The van der Waals surface area contributed by atoms with Crippen LogP contribution in [0.2, 0.25) is 0 Å². The van der Waals surface area contributed by atoms with Crippen LogP contribution in [0.15, 0.2) is 40.8 Å². The first-order chi connectivity index (χ1) is 13.1. The van der Waals surface area contributed by atoms with Crippen LogP contribution in [0.3, 0.4) is 0 Å². The number of hydrogen-bond acceptors (Lipinski definition) is 4. The van der Waals surface area contributed by atoms with Crippen LogP contribution in [0.25, 0.3) is 11.1 Å². The Morgan fingerprint density at radius 2 is 1.81 bits per heavy atom. The van der Waals surface area contributed by atoms with Crippen molar-refractivity contribution in [1.82, 2.24) is 9.47 Å². The minimum absolute atomic E-state index is 0.0790. The lowest BCUT2D eigenvalue weighted by molar-refractivity contribution is 0.0736. The average molecular weight is 367 g/mol. The molecule has 1 amide bonds. The van der Waals surface area contributed by atoms with Crippen LogP contribution in [-0.2, 0) is 6.54 Å². The molecule has 0 spiro atoms. The summed E-state index contributed by atoms with van der Waals surface area (Å²) >= 11 is 0. The normalized spacial score (nSPS) is 14.8. The van der Waals surface area contributed by atoms with Crippen LogP contribution in [0.4, 0.5) is 5.69 Å². The van der Waals surface area contributed by atoms with E-state index in [9.17, 15) is 4.79 Å². The zero-order valence-electron chi connectivity index (χ0n) is 16.1. The van der Waals surface area contributed by atoms with Crippen molar-refractivity contribution in [2.45, 2.75) is 20.4 Å². The molecule has 2 aromatic heterocycles. The van der Waals surface area contributed by atoms with E-state index in [-0.39, 0.29) is 5.91 Å². The first-order valence-corrected chi connectivity index (χ1v) is 9.38. The van der Waals surface area contributed by atoms with Gasteiger partial charge in [-0.1, -0.05) is 0 Å². The Hall–Kier alpha value is -2.89. The smallest absolute Gasteiger partial charge is 0.270 e. The molecule has 0 saturated carbocycles. The highest BCUT2D eigenvalue weighted by Gasteiger charge is 2.26. The van der Waals surface area contributed by atoms with Gasteiger partial charge in [-0.15, -0.1) is 0 Å². The lowest BCUT2D eigenvalue weighted by Crippen LogP contribution is -2.49. The van der Waals surface area contributed by atoms with E-state index < -0.39 is 0 Å². The van der Waals surface area contributed by atoms with Crippen molar-refractivity contribution in [3.8, 4) is 5.75 Å². The number of ether oxygens (including phenoxy) is 1. The molecule has 0 atom stereocenters. The van der Waals surface area contributed by atoms with E-state index in [1.165, 1.54) is 0 Å². The molecule has 0 bridgehead atoms. The lowest BCUT2D eigenvalue weighted by atomic mass is 10.2. The second-order valence-electron chi connectivity index (χ2n) is 6.86. The lowest BCUT2D eigenvalue weighted by Gasteiger charge is -2.36. The molecule has 0 aliphatic carbocycles. The van der Waals surface area contributed by atoms with Crippen LogP contribution >= 0.6 is 0 Å². The van der Waals surface area contributed by atoms with E-state index in [0.29, 0.717) is 18.8 Å². The van der Waals surface area contributed by atoms with Gasteiger partial charge in [-0.25, -0.2) is 0 Å². The van der Waals surface area contributed by atoms with Crippen LogP contribution in [-0.4, -0.2) is 48.7 Å². The third kappa shape index (κ3) is 3.16. The van der Waals surface area contributed by atoms with E-state index in [1.54, 1.807) is 7.11 Å². The van der Waals surface area contributed by atoms with Gasteiger partial charge in [0.05, 0.1) is 12.6 Å². The number of fused-ring (bicyclic) bond motifs is 1. The van der Waals surface area contributed by atoms with E-state index >= 15 is 0 Å². The molecular weight excluding hydrogens is 342 g/mol. The molecule has 1 aliphatic rings. The quantitative estimate of drug-likeness (QED) is 0.708. The molecule has 1 aromatic carbocycles. The molecule has 3 heterocycles. The highest BCUT2D eigenvalue weighted by Crippen LogP contribution is 2.26. The number of furan rings is 1. The number of aryl methyl sites for hydroxylation is 2. The van der Waals surface area contributed by atoms with Gasteiger partial charge >= 0.3 is 0 Å². The van der Waals surface area contributed by atoms with E-state index in [0.717, 1.165) is 47.9 Å². The van der Waals surface area contributed by atoms with Crippen molar-refractivity contribution in [3.05, 3.63) is 47.9 Å². The standard InChI is InChI=1S/C21H25N3O3/c1-4-24-18-13-15(2)27-20(18)14-19(24)21(25)23-11-9-22(10-12-23)16-5-7-17(26-3)8-6-16/h5-8,13-14H,4,9-12H2,1-3H3. The maximum atomic E-state index is 13.1. The first-order valence-electron chi connectivity index (χ1n) is 9.38. The minimum atomic E-state index is 0.0790. The number of benzene rings is 1. The fraction of sp³-hybridized carbons (Fsp3) is 0.381. The summed E-state index contributed by atoms with van der Waals surface area (Å²) < 4.78 is 13.0. The minimum Gasteiger partial charge on any atom is -0.497 e. The van der Waals surface area contributed by atoms with Crippen molar-refractivity contribution < 1.29 is 13.9 Å². The largest absolute Gasteiger partial charge is 0.497 e. The highest BCUT2D eigenvalue weighted by molar-refractivity contribution is 5.97. The number of carbonyl (C=O) groups is 1. The Kier molecular flexibility index (Phi) is 4.56. The third-order valence-corrected chi connectivity index (χ3v) is 5.25. The summed E-state index contributed by atoms with van der Waals surface area (Å²) in [6.45, 7) is 7.79. The van der Waals surface area contributed by atoms with E-state index in [1.807, 2.05) is 40.7 Å².